The number of nitrogens with zero attached hydrogens (tertiary/aromatic N) is 1. The summed E-state index contributed by atoms with van der Waals surface area (Å²) >= 11 is 6.14. The lowest BCUT2D eigenvalue weighted by Gasteiger charge is -2.33. The van der Waals surface area contributed by atoms with Crippen molar-refractivity contribution in [2.75, 3.05) is 25.0 Å². The molecule has 1 atom stereocenters. The Balaban J connectivity index is 2.17. The van der Waals surface area contributed by atoms with Crippen molar-refractivity contribution in [2.45, 2.75) is 19.8 Å². The highest BCUT2D eigenvalue weighted by atomic mass is 35.5. The predicted octanol–water partition coefficient (Wildman–Crippen LogP) is 2.51. The highest BCUT2D eigenvalue weighted by Crippen LogP contribution is 2.28. The summed E-state index contributed by atoms with van der Waals surface area (Å²) in [6.45, 7) is 3.10. The Morgan fingerprint density at radius 2 is 2.15 bits per heavy atom. The smallest absolute Gasteiger partial charge is 0.224 e. The molecule has 1 heterocycles. The molecule has 0 saturated carbocycles. The van der Waals surface area contributed by atoms with Crippen LogP contribution in [-0.4, -0.2) is 31.8 Å². The van der Waals surface area contributed by atoms with Crippen molar-refractivity contribution in [1.29, 1.82) is 0 Å². The number of anilines is 1. The maximum Gasteiger partial charge on any atom is 0.224 e. The number of hydrogen-bond acceptors (Lipinski definition) is 3. The van der Waals surface area contributed by atoms with Crippen molar-refractivity contribution < 1.29 is 9.59 Å². The number of nitrogens with one attached hydrogen (secondary N) is 1. The van der Waals surface area contributed by atoms with Gasteiger partial charge in [0.1, 0.15) is 0 Å². The number of hydrogen-bond donors (Lipinski definition) is 1. The fourth-order valence-corrected chi connectivity index (χ4v) is 2.92. The molecule has 1 unspecified atom stereocenters. The summed E-state index contributed by atoms with van der Waals surface area (Å²) in [6.07, 6.45) is 1.89. The van der Waals surface area contributed by atoms with E-state index in [9.17, 15) is 9.59 Å². The number of Topliss-reactive ketones (excluding diaryl/α,β-unsaturated/α-hetero) is 1. The van der Waals surface area contributed by atoms with E-state index < -0.39 is 0 Å². The molecular weight excluding hydrogens is 276 g/mol. The largest absolute Gasteiger partial charge is 0.371 e. The Labute approximate surface area is 124 Å². The van der Waals surface area contributed by atoms with Crippen LogP contribution >= 0.6 is 11.6 Å². The van der Waals surface area contributed by atoms with Crippen molar-refractivity contribution >= 4 is 29.0 Å². The van der Waals surface area contributed by atoms with E-state index in [2.05, 4.69) is 10.2 Å². The molecule has 4 nitrogen and oxygen atoms in total. The molecule has 1 aliphatic heterocycles. The highest BCUT2D eigenvalue weighted by Gasteiger charge is 2.25. The zero-order valence-electron chi connectivity index (χ0n) is 11.8. The van der Waals surface area contributed by atoms with Gasteiger partial charge in [-0.1, -0.05) is 11.6 Å². The third-order valence-electron chi connectivity index (χ3n) is 3.74. The summed E-state index contributed by atoms with van der Waals surface area (Å²) in [7, 11) is 1.67. The lowest BCUT2D eigenvalue weighted by Crippen LogP contribution is -2.42. The van der Waals surface area contributed by atoms with Gasteiger partial charge in [-0.25, -0.2) is 0 Å². The summed E-state index contributed by atoms with van der Waals surface area (Å²) in [5.74, 6) is 0.0598. The average molecular weight is 295 g/mol. The molecule has 1 amide bonds. The number of benzene rings is 1. The second kappa shape index (κ2) is 6.27. The molecule has 1 fully saturated rings. The van der Waals surface area contributed by atoms with Crippen LogP contribution in [0.25, 0.3) is 0 Å². The van der Waals surface area contributed by atoms with Crippen molar-refractivity contribution in [3.63, 3.8) is 0 Å². The number of ketones is 1. The van der Waals surface area contributed by atoms with Crippen LogP contribution in [0.3, 0.4) is 0 Å². The van der Waals surface area contributed by atoms with Crippen LogP contribution in [0.4, 0.5) is 5.69 Å². The number of rotatable bonds is 3. The standard InChI is InChI=1S/C15H19ClN2O2/c1-10(19)13-6-5-12(8-14(13)16)18-7-3-4-11(9-18)15(20)17-2/h5-6,8,11H,3-4,7,9H2,1-2H3,(H,17,20). The Kier molecular flexibility index (Phi) is 4.65. The minimum atomic E-state index is -0.0385. The Morgan fingerprint density at radius 3 is 2.75 bits per heavy atom. The van der Waals surface area contributed by atoms with Gasteiger partial charge in [-0.15, -0.1) is 0 Å². The SMILES string of the molecule is CNC(=O)C1CCCN(c2ccc(C(C)=O)c(Cl)c2)C1. The van der Waals surface area contributed by atoms with Gasteiger partial charge in [0.2, 0.25) is 5.91 Å². The number of carbonyl (C=O) groups excluding carboxylic acids is 2. The molecule has 5 heteroatoms. The molecular formula is C15H19ClN2O2. The van der Waals surface area contributed by atoms with Gasteiger partial charge in [0, 0.05) is 31.4 Å². The van der Waals surface area contributed by atoms with Gasteiger partial charge in [0.25, 0.3) is 0 Å². The van der Waals surface area contributed by atoms with Crippen molar-refractivity contribution in [2.24, 2.45) is 5.92 Å². The first-order valence-corrected chi connectivity index (χ1v) is 7.17. The summed E-state index contributed by atoms with van der Waals surface area (Å²) in [6, 6.07) is 5.46. The molecule has 1 aromatic rings. The Bertz CT molecular complexity index is 531. The highest BCUT2D eigenvalue weighted by molar-refractivity contribution is 6.34. The Hall–Kier alpha value is -1.55. The lowest BCUT2D eigenvalue weighted by molar-refractivity contribution is -0.124. The first kappa shape index (κ1) is 14.9. The van der Waals surface area contributed by atoms with Gasteiger partial charge in [0.15, 0.2) is 5.78 Å². The van der Waals surface area contributed by atoms with E-state index in [1.807, 2.05) is 12.1 Å². The van der Waals surface area contributed by atoms with E-state index in [0.29, 0.717) is 17.1 Å². The van der Waals surface area contributed by atoms with Gasteiger partial charge in [-0.05, 0) is 38.0 Å². The fraction of sp³-hybridized carbons (Fsp3) is 0.467. The molecule has 0 aromatic heterocycles. The van der Waals surface area contributed by atoms with E-state index in [1.165, 1.54) is 6.92 Å². The second-order valence-corrected chi connectivity index (χ2v) is 5.53. The molecule has 108 valence electrons. The first-order valence-electron chi connectivity index (χ1n) is 6.80. The molecule has 0 spiro atoms. The van der Waals surface area contributed by atoms with Gasteiger partial charge < -0.3 is 10.2 Å². The van der Waals surface area contributed by atoms with Gasteiger partial charge in [-0.2, -0.15) is 0 Å². The minimum absolute atomic E-state index is 0.0139. The van der Waals surface area contributed by atoms with Gasteiger partial charge >= 0.3 is 0 Å². The molecule has 20 heavy (non-hydrogen) atoms. The zero-order valence-corrected chi connectivity index (χ0v) is 12.5. The van der Waals surface area contributed by atoms with E-state index in [1.54, 1.807) is 13.1 Å². The quantitative estimate of drug-likeness (QED) is 0.872. The number of halogens is 1. The second-order valence-electron chi connectivity index (χ2n) is 5.12. The minimum Gasteiger partial charge on any atom is -0.371 e. The van der Waals surface area contributed by atoms with E-state index in [-0.39, 0.29) is 17.6 Å². The first-order chi connectivity index (χ1) is 9.52. The van der Waals surface area contributed by atoms with Crippen molar-refractivity contribution in [3.8, 4) is 0 Å². The molecule has 0 bridgehead atoms. The normalized spacial score (nSPS) is 18.8. The van der Waals surface area contributed by atoms with Crippen LogP contribution in [0, 0.1) is 5.92 Å². The third kappa shape index (κ3) is 3.12. The molecule has 1 aliphatic rings. The van der Waals surface area contributed by atoms with Crippen LogP contribution in [-0.2, 0) is 4.79 Å². The number of amides is 1. The molecule has 2 rings (SSSR count). The van der Waals surface area contributed by atoms with E-state index >= 15 is 0 Å². The van der Waals surface area contributed by atoms with Crippen LogP contribution in [0.5, 0.6) is 0 Å². The fourth-order valence-electron chi connectivity index (χ4n) is 2.62. The Morgan fingerprint density at radius 1 is 1.40 bits per heavy atom. The van der Waals surface area contributed by atoms with Gasteiger partial charge in [-0.3, -0.25) is 9.59 Å². The summed E-state index contributed by atoms with van der Waals surface area (Å²) in [4.78, 5) is 25.3. The van der Waals surface area contributed by atoms with Crippen LogP contribution in [0.1, 0.15) is 30.1 Å². The maximum absolute atomic E-state index is 11.7. The lowest BCUT2D eigenvalue weighted by atomic mass is 9.96. The number of carbonyl (C=O) groups is 2. The third-order valence-corrected chi connectivity index (χ3v) is 4.05. The van der Waals surface area contributed by atoms with E-state index in [4.69, 9.17) is 11.6 Å². The summed E-state index contributed by atoms with van der Waals surface area (Å²) in [5.41, 5.74) is 1.50. The summed E-state index contributed by atoms with van der Waals surface area (Å²) < 4.78 is 0. The van der Waals surface area contributed by atoms with Crippen LogP contribution in [0.15, 0.2) is 18.2 Å². The molecule has 0 aliphatic carbocycles. The van der Waals surface area contributed by atoms with Crippen molar-refractivity contribution in [1.82, 2.24) is 5.32 Å². The zero-order chi connectivity index (χ0) is 14.7. The molecule has 1 N–H and O–H groups in total. The number of piperidine rings is 1. The monoisotopic (exact) mass is 294 g/mol. The summed E-state index contributed by atoms with van der Waals surface area (Å²) in [5, 5.41) is 3.18. The van der Waals surface area contributed by atoms with Crippen LogP contribution in [0.2, 0.25) is 5.02 Å². The molecule has 1 aromatic carbocycles. The predicted molar refractivity (Wildman–Crippen MR) is 80.5 cm³/mol. The van der Waals surface area contributed by atoms with Gasteiger partial charge in [0.05, 0.1) is 10.9 Å². The average Bonchev–Trinajstić information content (AvgIpc) is 2.46. The van der Waals surface area contributed by atoms with Crippen LogP contribution < -0.4 is 10.2 Å². The van der Waals surface area contributed by atoms with E-state index in [0.717, 1.165) is 25.1 Å². The maximum atomic E-state index is 11.7. The molecule has 1 saturated heterocycles. The molecule has 0 radical (unpaired) electrons. The van der Waals surface area contributed by atoms with Crippen molar-refractivity contribution in [3.05, 3.63) is 28.8 Å². The topological polar surface area (TPSA) is 49.4 Å².